The number of hydrogen-bond donors (Lipinski definition) is 2. The molecule has 1 aliphatic heterocycles. The minimum atomic E-state index is -0.247. The molecule has 0 aliphatic carbocycles. The number of carbonyl (C=O) groups excluding carboxylic acids is 1. The number of aromatic amines is 1. The van der Waals surface area contributed by atoms with E-state index in [1.165, 1.54) is 11.4 Å². The topological polar surface area (TPSA) is 78.3 Å². The predicted octanol–water partition coefficient (Wildman–Crippen LogP) is 2.52. The van der Waals surface area contributed by atoms with Crippen molar-refractivity contribution >= 4 is 28.2 Å². The predicted molar refractivity (Wildman–Crippen MR) is 104 cm³/mol. The number of benzene rings is 2. The molecule has 1 saturated heterocycles. The number of rotatable bonds is 5. The first-order valence-corrected chi connectivity index (χ1v) is 8.99. The van der Waals surface area contributed by atoms with Gasteiger partial charge in [-0.3, -0.25) is 9.89 Å². The Morgan fingerprint density at radius 3 is 2.81 bits per heavy atom. The van der Waals surface area contributed by atoms with E-state index in [0.29, 0.717) is 6.42 Å². The third kappa shape index (κ3) is 3.22. The number of nitrogens with zero attached hydrogens (tertiary/aromatic N) is 3. The highest BCUT2D eigenvalue weighted by Crippen LogP contribution is 2.31. The molecule has 6 heteroatoms. The van der Waals surface area contributed by atoms with Crippen LogP contribution in [0, 0.1) is 0 Å². The van der Waals surface area contributed by atoms with Crippen molar-refractivity contribution in [2.75, 3.05) is 29.4 Å². The Morgan fingerprint density at radius 2 is 2.00 bits per heavy atom. The summed E-state index contributed by atoms with van der Waals surface area (Å²) < 4.78 is 0. The van der Waals surface area contributed by atoms with Crippen LogP contribution in [0.1, 0.15) is 12.8 Å². The van der Waals surface area contributed by atoms with Gasteiger partial charge in [0.05, 0.1) is 11.7 Å². The van der Waals surface area contributed by atoms with E-state index in [2.05, 4.69) is 50.3 Å². The van der Waals surface area contributed by atoms with E-state index in [1.54, 1.807) is 0 Å². The molecule has 3 aromatic rings. The number of H-pyrrole nitrogens is 1. The molecule has 0 radical (unpaired) electrons. The Balaban J connectivity index is 1.63. The lowest BCUT2D eigenvalue weighted by atomic mass is 10.0. The molecule has 1 aliphatic rings. The van der Waals surface area contributed by atoms with Crippen LogP contribution in [0.15, 0.2) is 54.7 Å². The van der Waals surface area contributed by atoms with E-state index < -0.39 is 0 Å². The SMILES string of the molecule is NC(=O)CCC1CN(c2ccccc2)CCN1c1cccc2[nH]ncc12. The number of piperazine rings is 1. The summed E-state index contributed by atoms with van der Waals surface area (Å²) in [5, 5.41) is 8.34. The molecule has 26 heavy (non-hydrogen) atoms. The van der Waals surface area contributed by atoms with Gasteiger partial charge in [0.15, 0.2) is 0 Å². The van der Waals surface area contributed by atoms with Crippen molar-refractivity contribution in [3.05, 3.63) is 54.7 Å². The first-order chi connectivity index (χ1) is 12.7. The van der Waals surface area contributed by atoms with Gasteiger partial charge in [-0.2, -0.15) is 5.10 Å². The standard InChI is InChI=1S/C20H23N5O/c21-20(26)10-9-16-14-24(15-5-2-1-3-6-15)11-12-25(16)19-8-4-7-18-17(19)13-22-23-18/h1-8,13,16H,9-12,14H2,(H2,21,26)(H,22,23). The summed E-state index contributed by atoms with van der Waals surface area (Å²) in [6.45, 7) is 2.69. The second-order valence-electron chi connectivity index (χ2n) is 6.74. The number of anilines is 2. The molecule has 1 fully saturated rings. The monoisotopic (exact) mass is 349 g/mol. The zero-order valence-electron chi connectivity index (χ0n) is 14.6. The van der Waals surface area contributed by atoms with Crippen LogP contribution in [0.3, 0.4) is 0 Å². The maximum atomic E-state index is 11.4. The Morgan fingerprint density at radius 1 is 1.15 bits per heavy atom. The summed E-state index contributed by atoms with van der Waals surface area (Å²) in [7, 11) is 0. The van der Waals surface area contributed by atoms with E-state index in [4.69, 9.17) is 5.73 Å². The molecule has 1 amide bonds. The van der Waals surface area contributed by atoms with Crippen LogP contribution in [0.5, 0.6) is 0 Å². The second-order valence-corrected chi connectivity index (χ2v) is 6.74. The number of para-hydroxylation sites is 1. The molecule has 134 valence electrons. The Labute approximate surface area is 152 Å². The van der Waals surface area contributed by atoms with Crippen LogP contribution >= 0.6 is 0 Å². The minimum absolute atomic E-state index is 0.219. The lowest BCUT2D eigenvalue weighted by Crippen LogP contribution is -2.53. The van der Waals surface area contributed by atoms with Gasteiger partial charge in [-0.1, -0.05) is 24.3 Å². The average molecular weight is 349 g/mol. The van der Waals surface area contributed by atoms with E-state index in [0.717, 1.165) is 37.0 Å². The van der Waals surface area contributed by atoms with Gasteiger partial charge in [0.2, 0.25) is 5.91 Å². The van der Waals surface area contributed by atoms with Crippen molar-refractivity contribution in [3.63, 3.8) is 0 Å². The second kappa shape index (κ2) is 7.07. The van der Waals surface area contributed by atoms with Crippen molar-refractivity contribution in [1.29, 1.82) is 0 Å². The Kier molecular flexibility index (Phi) is 4.48. The summed E-state index contributed by atoms with van der Waals surface area (Å²) >= 11 is 0. The van der Waals surface area contributed by atoms with Crippen LogP contribution in [0.25, 0.3) is 10.9 Å². The molecule has 1 aromatic heterocycles. The number of aromatic nitrogens is 2. The maximum Gasteiger partial charge on any atom is 0.217 e. The average Bonchev–Trinajstić information content (AvgIpc) is 3.16. The maximum absolute atomic E-state index is 11.4. The third-order valence-corrected chi connectivity index (χ3v) is 5.10. The van der Waals surface area contributed by atoms with Gasteiger partial charge in [-0.05, 0) is 30.7 Å². The molecule has 6 nitrogen and oxygen atoms in total. The highest BCUT2D eigenvalue weighted by atomic mass is 16.1. The third-order valence-electron chi connectivity index (χ3n) is 5.10. The lowest BCUT2D eigenvalue weighted by molar-refractivity contribution is -0.118. The fourth-order valence-corrected chi connectivity index (χ4v) is 3.80. The summed E-state index contributed by atoms with van der Waals surface area (Å²) in [4.78, 5) is 16.2. The quantitative estimate of drug-likeness (QED) is 0.742. The zero-order chi connectivity index (χ0) is 17.9. The van der Waals surface area contributed by atoms with Crippen molar-refractivity contribution < 1.29 is 4.79 Å². The zero-order valence-corrected chi connectivity index (χ0v) is 14.6. The minimum Gasteiger partial charge on any atom is -0.370 e. The van der Waals surface area contributed by atoms with Crippen molar-refractivity contribution in [3.8, 4) is 0 Å². The van der Waals surface area contributed by atoms with Crippen LogP contribution in [-0.2, 0) is 4.79 Å². The first-order valence-electron chi connectivity index (χ1n) is 8.99. The number of fused-ring (bicyclic) bond motifs is 1. The van der Waals surface area contributed by atoms with Crippen LogP contribution in [0.4, 0.5) is 11.4 Å². The number of amides is 1. The van der Waals surface area contributed by atoms with Crippen molar-refractivity contribution in [1.82, 2.24) is 10.2 Å². The van der Waals surface area contributed by atoms with Crippen LogP contribution in [0.2, 0.25) is 0 Å². The van der Waals surface area contributed by atoms with Gasteiger partial charge in [-0.25, -0.2) is 0 Å². The molecule has 1 atom stereocenters. The van der Waals surface area contributed by atoms with Gasteiger partial charge in [0.25, 0.3) is 0 Å². The van der Waals surface area contributed by atoms with E-state index in [-0.39, 0.29) is 11.9 Å². The fraction of sp³-hybridized carbons (Fsp3) is 0.300. The van der Waals surface area contributed by atoms with E-state index >= 15 is 0 Å². The highest BCUT2D eigenvalue weighted by Gasteiger charge is 2.28. The van der Waals surface area contributed by atoms with E-state index in [1.807, 2.05) is 24.4 Å². The van der Waals surface area contributed by atoms with Crippen molar-refractivity contribution in [2.24, 2.45) is 5.73 Å². The number of nitrogens with one attached hydrogen (secondary N) is 1. The molecule has 2 aromatic carbocycles. The molecule has 2 heterocycles. The van der Waals surface area contributed by atoms with Crippen molar-refractivity contribution in [2.45, 2.75) is 18.9 Å². The molecular formula is C20H23N5O. The summed E-state index contributed by atoms with van der Waals surface area (Å²) in [5.41, 5.74) is 8.84. The molecule has 1 unspecified atom stereocenters. The Bertz CT molecular complexity index is 891. The molecule has 3 N–H and O–H groups in total. The Hall–Kier alpha value is -3.02. The summed E-state index contributed by atoms with van der Waals surface area (Å²) in [6.07, 6.45) is 3.01. The van der Waals surface area contributed by atoms with Gasteiger partial charge < -0.3 is 15.5 Å². The van der Waals surface area contributed by atoms with Gasteiger partial charge in [-0.15, -0.1) is 0 Å². The number of hydrogen-bond acceptors (Lipinski definition) is 4. The number of nitrogens with two attached hydrogens (primary N) is 1. The molecule has 4 rings (SSSR count). The fourth-order valence-electron chi connectivity index (χ4n) is 3.80. The largest absolute Gasteiger partial charge is 0.370 e. The van der Waals surface area contributed by atoms with Crippen LogP contribution in [-0.4, -0.2) is 41.8 Å². The van der Waals surface area contributed by atoms with E-state index in [9.17, 15) is 4.79 Å². The normalized spacial score (nSPS) is 17.6. The van der Waals surface area contributed by atoms with Gasteiger partial charge >= 0.3 is 0 Å². The molecule has 0 spiro atoms. The summed E-state index contributed by atoms with van der Waals surface area (Å²) in [6, 6.07) is 16.9. The number of primary amides is 1. The molecule has 0 saturated carbocycles. The lowest BCUT2D eigenvalue weighted by Gasteiger charge is -2.44. The summed E-state index contributed by atoms with van der Waals surface area (Å²) in [5.74, 6) is -0.247. The molecular weight excluding hydrogens is 326 g/mol. The first kappa shape index (κ1) is 16.4. The smallest absolute Gasteiger partial charge is 0.217 e. The van der Waals surface area contributed by atoms with Gasteiger partial charge in [0, 0.05) is 48.9 Å². The highest BCUT2D eigenvalue weighted by molar-refractivity contribution is 5.91. The number of carbonyl (C=O) groups is 1. The van der Waals surface area contributed by atoms with Gasteiger partial charge in [0.1, 0.15) is 0 Å². The molecule has 0 bridgehead atoms. The van der Waals surface area contributed by atoms with Crippen LogP contribution < -0.4 is 15.5 Å².